The summed E-state index contributed by atoms with van der Waals surface area (Å²) in [5.74, 6) is -0.206. The Bertz CT molecular complexity index is 668. The molecule has 20 heavy (non-hydrogen) atoms. The molecule has 104 valence electrons. The van der Waals surface area contributed by atoms with Crippen LogP contribution in [-0.4, -0.2) is 21.0 Å². The van der Waals surface area contributed by atoms with Crippen molar-refractivity contribution in [2.75, 3.05) is 5.32 Å². The Hall–Kier alpha value is -2.41. The van der Waals surface area contributed by atoms with E-state index in [2.05, 4.69) is 15.5 Å². The lowest BCUT2D eigenvalue weighted by molar-refractivity contribution is -0.384. The molecule has 1 aromatic heterocycles. The van der Waals surface area contributed by atoms with E-state index >= 15 is 0 Å². The fraction of sp³-hybridized carbons (Fsp3) is 0.167. The normalized spacial score (nSPS) is 10.3. The van der Waals surface area contributed by atoms with E-state index in [9.17, 15) is 14.9 Å². The first kappa shape index (κ1) is 14.0. The number of hydrogen-bond donors (Lipinski definition) is 2. The van der Waals surface area contributed by atoms with Gasteiger partial charge in [-0.15, -0.1) is 0 Å². The first-order valence-electron chi connectivity index (χ1n) is 5.81. The quantitative estimate of drug-likeness (QED) is 0.668. The van der Waals surface area contributed by atoms with Crippen LogP contribution in [0.5, 0.6) is 0 Å². The fourth-order valence-corrected chi connectivity index (χ4v) is 1.91. The third-order valence-corrected chi connectivity index (χ3v) is 3.07. The van der Waals surface area contributed by atoms with E-state index in [4.69, 9.17) is 11.6 Å². The summed E-state index contributed by atoms with van der Waals surface area (Å²) in [6, 6.07) is 5.74. The molecule has 1 aromatic carbocycles. The number of nitrogens with zero attached hydrogens (tertiary/aromatic N) is 2. The number of amides is 1. The number of nitrogens with one attached hydrogen (secondary N) is 2. The summed E-state index contributed by atoms with van der Waals surface area (Å²) in [4.78, 5) is 22.2. The van der Waals surface area contributed by atoms with E-state index in [1.54, 1.807) is 6.07 Å². The van der Waals surface area contributed by atoms with Crippen molar-refractivity contribution in [1.82, 2.24) is 10.2 Å². The van der Waals surface area contributed by atoms with Crippen LogP contribution in [0.3, 0.4) is 0 Å². The molecule has 0 aliphatic heterocycles. The number of nitro benzene ring substituents is 1. The highest BCUT2D eigenvalue weighted by Crippen LogP contribution is 2.28. The smallest absolute Gasteiger partial charge is 0.288 e. The lowest BCUT2D eigenvalue weighted by Crippen LogP contribution is -2.13. The second kappa shape index (κ2) is 5.70. The molecule has 0 saturated heterocycles. The van der Waals surface area contributed by atoms with Gasteiger partial charge < -0.3 is 5.32 Å². The molecule has 8 heteroatoms. The summed E-state index contributed by atoms with van der Waals surface area (Å²) >= 11 is 5.87. The monoisotopic (exact) mass is 294 g/mol. The fourth-order valence-electron chi connectivity index (χ4n) is 1.63. The summed E-state index contributed by atoms with van der Waals surface area (Å²) in [6.07, 6.45) is 0.750. The molecule has 1 heterocycles. The lowest BCUT2D eigenvalue weighted by Gasteiger charge is -2.04. The van der Waals surface area contributed by atoms with Gasteiger partial charge in [0.1, 0.15) is 5.02 Å². The van der Waals surface area contributed by atoms with Crippen LogP contribution in [0.4, 0.5) is 11.5 Å². The zero-order valence-corrected chi connectivity index (χ0v) is 11.3. The first-order chi connectivity index (χ1) is 9.52. The third kappa shape index (κ3) is 2.77. The Labute approximate surface area is 119 Å². The molecular formula is C12H11ClN4O3. The summed E-state index contributed by atoms with van der Waals surface area (Å²) in [7, 11) is 0. The van der Waals surface area contributed by atoms with Gasteiger partial charge in [-0.25, -0.2) is 0 Å². The zero-order chi connectivity index (χ0) is 14.7. The second-order valence-electron chi connectivity index (χ2n) is 3.98. The molecule has 0 fully saturated rings. The molecule has 1 amide bonds. The van der Waals surface area contributed by atoms with Crippen molar-refractivity contribution in [1.29, 1.82) is 0 Å². The van der Waals surface area contributed by atoms with E-state index in [1.165, 1.54) is 18.2 Å². The molecule has 2 N–H and O–H groups in total. The average Bonchev–Trinajstić information content (AvgIpc) is 2.86. The maximum Gasteiger partial charge on any atom is 0.288 e. The number of aromatic nitrogens is 2. The van der Waals surface area contributed by atoms with Gasteiger partial charge in [0.05, 0.1) is 10.5 Å². The van der Waals surface area contributed by atoms with E-state index in [0.717, 1.165) is 12.1 Å². The minimum atomic E-state index is -0.636. The average molecular weight is 295 g/mol. The number of benzene rings is 1. The molecular weight excluding hydrogens is 284 g/mol. The molecule has 2 aromatic rings. The summed E-state index contributed by atoms with van der Waals surface area (Å²) in [5, 5.41) is 19.8. The highest BCUT2D eigenvalue weighted by atomic mass is 35.5. The zero-order valence-electron chi connectivity index (χ0n) is 10.5. The van der Waals surface area contributed by atoms with Crippen molar-refractivity contribution in [3.63, 3.8) is 0 Å². The largest absolute Gasteiger partial charge is 0.305 e. The number of halogens is 1. The van der Waals surface area contributed by atoms with Crippen molar-refractivity contribution in [3.8, 4) is 0 Å². The minimum absolute atomic E-state index is 0.0296. The van der Waals surface area contributed by atoms with Crippen molar-refractivity contribution >= 4 is 29.0 Å². The van der Waals surface area contributed by atoms with Crippen LogP contribution in [0, 0.1) is 10.1 Å². The summed E-state index contributed by atoms with van der Waals surface area (Å²) in [6.45, 7) is 1.94. The van der Waals surface area contributed by atoms with Crippen LogP contribution in [-0.2, 0) is 6.42 Å². The summed E-state index contributed by atoms with van der Waals surface area (Å²) in [5.41, 5.74) is 0.586. The Morgan fingerprint density at radius 1 is 1.55 bits per heavy atom. The topological polar surface area (TPSA) is 101 Å². The van der Waals surface area contributed by atoms with Gasteiger partial charge in [0.15, 0.2) is 5.82 Å². The maximum atomic E-state index is 12.0. The van der Waals surface area contributed by atoms with Crippen molar-refractivity contribution < 1.29 is 9.72 Å². The maximum absolute atomic E-state index is 12.0. The van der Waals surface area contributed by atoms with Crippen LogP contribution in [0.15, 0.2) is 24.3 Å². The van der Waals surface area contributed by atoms with Gasteiger partial charge >= 0.3 is 0 Å². The Kier molecular flexibility index (Phi) is 3.99. The van der Waals surface area contributed by atoms with Crippen LogP contribution >= 0.6 is 11.6 Å². The number of aryl methyl sites for hydroxylation is 1. The van der Waals surface area contributed by atoms with Gasteiger partial charge in [0.25, 0.3) is 11.6 Å². The molecule has 0 aliphatic rings. The molecule has 0 radical (unpaired) electrons. The van der Waals surface area contributed by atoms with Gasteiger partial charge in [0.2, 0.25) is 0 Å². The second-order valence-corrected chi connectivity index (χ2v) is 4.36. The van der Waals surface area contributed by atoms with E-state index in [-0.39, 0.29) is 16.3 Å². The van der Waals surface area contributed by atoms with Gasteiger partial charge in [-0.3, -0.25) is 20.0 Å². The van der Waals surface area contributed by atoms with Gasteiger partial charge in [-0.05, 0) is 12.5 Å². The molecule has 0 bridgehead atoms. The van der Waals surface area contributed by atoms with Gasteiger partial charge in [0, 0.05) is 17.8 Å². The molecule has 2 rings (SSSR count). The number of carbonyl (C=O) groups is 1. The third-order valence-electron chi connectivity index (χ3n) is 2.67. The Morgan fingerprint density at radius 3 is 2.90 bits per heavy atom. The highest BCUT2D eigenvalue weighted by Gasteiger charge is 2.20. The predicted octanol–water partition coefficient (Wildman–Crippen LogP) is 2.79. The van der Waals surface area contributed by atoms with Crippen LogP contribution < -0.4 is 5.32 Å². The van der Waals surface area contributed by atoms with E-state index in [1.807, 2.05) is 6.92 Å². The van der Waals surface area contributed by atoms with Crippen molar-refractivity contribution in [2.24, 2.45) is 0 Å². The number of anilines is 1. The van der Waals surface area contributed by atoms with Crippen molar-refractivity contribution in [3.05, 3.63) is 50.7 Å². The first-order valence-corrected chi connectivity index (χ1v) is 6.19. The number of aromatic amines is 1. The standard InChI is InChI=1S/C12H11ClN4O3/c1-2-7-6-10(16-15-7)14-12(18)8-4-3-5-9(11(8)13)17(19)20/h3-6H,2H2,1H3,(H2,14,15,16,18). The molecule has 7 nitrogen and oxygen atoms in total. The summed E-state index contributed by atoms with van der Waals surface area (Å²) < 4.78 is 0. The van der Waals surface area contributed by atoms with Gasteiger partial charge in [-0.1, -0.05) is 24.6 Å². The highest BCUT2D eigenvalue weighted by molar-refractivity contribution is 6.36. The predicted molar refractivity (Wildman–Crippen MR) is 74.0 cm³/mol. The molecule has 0 saturated carbocycles. The lowest BCUT2D eigenvalue weighted by atomic mass is 10.2. The number of H-pyrrole nitrogens is 1. The van der Waals surface area contributed by atoms with E-state index in [0.29, 0.717) is 5.82 Å². The van der Waals surface area contributed by atoms with Gasteiger partial charge in [-0.2, -0.15) is 5.10 Å². The SMILES string of the molecule is CCc1cc(NC(=O)c2cccc([N+](=O)[O-])c2Cl)n[nH]1. The molecule has 0 atom stereocenters. The molecule has 0 spiro atoms. The number of carbonyl (C=O) groups excluding carboxylic acids is 1. The minimum Gasteiger partial charge on any atom is -0.305 e. The van der Waals surface area contributed by atoms with Crippen LogP contribution in [0.2, 0.25) is 5.02 Å². The van der Waals surface area contributed by atoms with Crippen LogP contribution in [0.25, 0.3) is 0 Å². The van der Waals surface area contributed by atoms with Crippen molar-refractivity contribution in [2.45, 2.75) is 13.3 Å². The van der Waals surface area contributed by atoms with E-state index < -0.39 is 10.8 Å². The van der Waals surface area contributed by atoms with Crippen LogP contribution in [0.1, 0.15) is 23.0 Å². The number of nitro groups is 1. The Morgan fingerprint density at radius 2 is 2.30 bits per heavy atom. The molecule has 0 unspecified atom stereocenters. The molecule has 0 aliphatic carbocycles. The number of rotatable bonds is 4. The Balaban J connectivity index is 2.25. The number of hydrogen-bond acceptors (Lipinski definition) is 4.